The molecule has 1 aliphatic rings. The van der Waals surface area contributed by atoms with Gasteiger partial charge in [0, 0.05) is 41.6 Å². The van der Waals surface area contributed by atoms with Crippen LogP contribution < -0.4 is 10.2 Å². The number of rotatable bonds is 5. The van der Waals surface area contributed by atoms with Gasteiger partial charge >= 0.3 is 0 Å². The van der Waals surface area contributed by atoms with Gasteiger partial charge in [0.05, 0.1) is 6.54 Å². The molecule has 0 amide bonds. The average Bonchev–Trinajstić information content (AvgIpc) is 2.99. The Kier molecular flexibility index (Phi) is 5.41. The van der Waals surface area contributed by atoms with Gasteiger partial charge in [0.2, 0.25) is 0 Å². The Morgan fingerprint density at radius 1 is 1.35 bits per heavy atom. The van der Waals surface area contributed by atoms with Gasteiger partial charge in [-0.25, -0.2) is 4.98 Å². The first-order valence-electron chi connectivity index (χ1n) is 7.97. The topological polar surface area (TPSA) is 31.4 Å². The Labute approximate surface area is 147 Å². The van der Waals surface area contributed by atoms with Crippen LogP contribution in [0, 0.1) is 0 Å². The molecule has 1 atom stereocenters. The number of halogens is 1. The Morgan fingerprint density at radius 3 is 2.78 bits per heavy atom. The maximum atomic E-state index is 5.85. The van der Waals surface area contributed by atoms with Crippen LogP contribution in [0.1, 0.15) is 17.7 Å². The predicted octanol–water partition coefficient (Wildman–Crippen LogP) is 3.94. The number of hydrogen-bond donors (Lipinski definition) is 1. The van der Waals surface area contributed by atoms with Gasteiger partial charge in [-0.05, 0) is 51.2 Å². The lowest BCUT2D eigenvalue weighted by Gasteiger charge is -2.37. The van der Waals surface area contributed by atoms with Gasteiger partial charge in [-0.3, -0.25) is 0 Å². The second kappa shape index (κ2) is 7.51. The Hall–Kier alpha value is -1.30. The lowest BCUT2D eigenvalue weighted by Crippen LogP contribution is -2.45. The van der Waals surface area contributed by atoms with Crippen LogP contribution in [0.3, 0.4) is 0 Å². The Morgan fingerprint density at radius 2 is 2.13 bits per heavy atom. The number of piperidine rings is 1. The molecule has 0 saturated carbocycles. The van der Waals surface area contributed by atoms with Crippen LogP contribution in [0.4, 0.5) is 11.4 Å². The van der Waals surface area contributed by atoms with Crippen molar-refractivity contribution in [1.29, 1.82) is 0 Å². The predicted molar refractivity (Wildman–Crippen MR) is 99.8 cm³/mol. The first-order valence-corrected chi connectivity index (χ1v) is 9.17. The molecular formula is C17H23ClN4S. The zero-order valence-electron chi connectivity index (χ0n) is 13.6. The van der Waals surface area contributed by atoms with Crippen LogP contribution in [0.15, 0.2) is 30.5 Å². The number of aromatic nitrogens is 1. The van der Waals surface area contributed by atoms with Gasteiger partial charge in [0.25, 0.3) is 0 Å². The molecule has 3 rings (SSSR count). The van der Waals surface area contributed by atoms with Gasteiger partial charge in [-0.2, -0.15) is 0 Å². The fourth-order valence-corrected chi connectivity index (χ4v) is 3.87. The summed E-state index contributed by atoms with van der Waals surface area (Å²) < 4.78 is 0.595. The Balaban J connectivity index is 1.58. The van der Waals surface area contributed by atoms with Crippen molar-refractivity contribution in [3.63, 3.8) is 0 Å². The van der Waals surface area contributed by atoms with E-state index in [1.54, 1.807) is 0 Å². The SMILES string of the molecule is CN(C)C1CCCN(c2ccc(NCc3cnc(Cl)s3)cc2)C1. The summed E-state index contributed by atoms with van der Waals surface area (Å²) in [4.78, 5) is 10.0. The van der Waals surface area contributed by atoms with E-state index >= 15 is 0 Å². The summed E-state index contributed by atoms with van der Waals surface area (Å²) in [6, 6.07) is 9.37. The minimum atomic E-state index is 0.595. The standard InChI is InChI=1S/C17H23ClN4S/c1-21(2)15-4-3-9-22(12-15)14-7-5-13(6-8-14)19-10-16-11-20-17(18)23-16/h5-8,11,15,19H,3-4,9-10,12H2,1-2H3. The summed E-state index contributed by atoms with van der Waals surface area (Å²) in [7, 11) is 4.35. The van der Waals surface area contributed by atoms with Crippen molar-refractivity contribution in [3.8, 4) is 0 Å². The van der Waals surface area contributed by atoms with E-state index in [1.807, 2.05) is 6.20 Å². The van der Waals surface area contributed by atoms with Crippen molar-refractivity contribution in [2.24, 2.45) is 0 Å². The highest BCUT2D eigenvalue weighted by Gasteiger charge is 2.21. The van der Waals surface area contributed by atoms with Gasteiger partial charge in [-0.1, -0.05) is 11.6 Å². The molecular weight excluding hydrogens is 328 g/mol. The van der Waals surface area contributed by atoms with E-state index in [0.29, 0.717) is 10.5 Å². The first kappa shape index (κ1) is 16.6. The molecule has 1 saturated heterocycles. The first-order chi connectivity index (χ1) is 11.1. The van der Waals surface area contributed by atoms with Gasteiger partial charge in [0.1, 0.15) is 0 Å². The van der Waals surface area contributed by atoms with Crippen molar-refractivity contribution in [3.05, 3.63) is 39.8 Å². The number of likely N-dealkylation sites (N-methyl/N-ethyl adjacent to an activating group) is 1. The monoisotopic (exact) mass is 350 g/mol. The summed E-state index contributed by atoms with van der Waals surface area (Å²) in [5, 5.41) is 3.42. The molecule has 1 aliphatic heterocycles. The minimum Gasteiger partial charge on any atom is -0.380 e. The summed E-state index contributed by atoms with van der Waals surface area (Å²) in [5.74, 6) is 0. The fraction of sp³-hybridized carbons (Fsp3) is 0.471. The molecule has 2 heterocycles. The molecule has 1 aromatic heterocycles. The van der Waals surface area contributed by atoms with Crippen molar-refractivity contribution in [1.82, 2.24) is 9.88 Å². The number of hydrogen-bond acceptors (Lipinski definition) is 5. The van der Waals surface area contributed by atoms with Crippen LogP contribution in [0.25, 0.3) is 0 Å². The number of nitrogens with one attached hydrogen (secondary N) is 1. The summed E-state index contributed by atoms with van der Waals surface area (Å²) in [6.07, 6.45) is 4.37. The maximum Gasteiger partial charge on any atom is 0.183 e. The molecule has 124 valence electrons. The molecule has 1 aromatic carbocycles. The molecule has 0 spiro atoms. The second-order valence-corrected chi connectivity index (χ2v) is 7.88. The lowest BCUT2D eigenvalue weighted by atomic mass is 10.0. The van der Waals surface area contributed by atoms with Crippen LogP contribution in [0.5, 0.6) is 0 Å². The van der Waals surface area contributed by atoms with E-state index in [1.165, 1.54) is 29.9 Å². The molecule has 1 N–H and O–H groups in total. The number of thiazole rings is 1. The molecule has 23 heavy (non-hydrogen) atoms. The van der Waals surface area contributed by atoms with E-state index in [4.69, 9.17) is 11.6 Å². The number of benzene rings is 1. The third kappa shape index (κ3) is 4.37. The summed E-state index contributed by atoms with van der Waals surface area (Å²) in [6.45, 7) is 3.02. The molecule has 0 aliphatic carbocycles. The number of nitrogens with zero attached hydrogens (tertiary/aromatic N) is 3. The smallest absolute Gasteiger partial charge is 0.183 e. The maximum absolute atomic E-state index is 5.85. The van der Waals surface area contributed by atoms with Gasteiger partial charge < -0.3 is 15.1 Å². The third-order valence-corrected chi connectivity index (χ3v) is 5.47. The average molecular weight is 351 g/mol. The van der Waals surface area contributed by atoms with Gasteiger partial charge in [-0.15, -0.1) is 11.3 Å². The van der Waals surface area contributed by atoms with Crippen LogP contribution >= 0.6 is 22.9 Å². The molecule has 1 unspecified atom stereocenters. The molecule has 1 fully saturated rings. The highest BCUT2D eigenvalue weighted by Crippen LogP contribution is 2.24. The summed E-state index contributed by atoms with van der Waals surface area (Å²) in [5.41, 5.74) is 2.43. The van der Waals surface area contributed by atoms with Crippen LogP contribution in [-0.2, 0) is 6.54 Å². The van der Waals surface area contributed by atoms with E-state index < -0.39 is 0 Å². The normalized spacial score (nSPS) is 18.4. The van der Waals surface area contributed by atoms with E-state index in [2.05, 4.69) is 58.5 Å². The second-order valence-electron chi connectivity index (χ2n) is 6.19. The fourth-order valence-electron chi connectivity index (χ4n) is 2.96. The van der Waals surface area contributed by atoms with Crippen LogP contribution in [0.2, 0.25) is 4.47 Å². The molecule has 0 bridgehead atoms. The molecule has 0 radical (unpaired) electrons. The molecule has 4 nitrogen and oxygen atoms in total. The molecule has 6 heteroatoms. The summed E-state index contributed by atoms with van der Waals surface area (Å²) >= 11 is 7.37. The third-order valence-electron chi connectivity index (χ3n) is 4.35. The van der Waals surface area contributed by atoms with Crippen molar-refractivity contribution in [2.75, 3.05) is 37.4 Å². The zero-order chi connectivity index (χ0) is 16.2. The zero-order valence-corrected chi connectivity index (χ0v) is 15.2. The highest BCUT2D eigenvalue weighted by atomic mass is 35.5. The van der Waals surface area contributed by atoms with Crippen LogP contribution in [-0.4, -0.2) is 43.1 Å². The quantitative estimate of drug-likeness (QED) is 0.885. The van der Waals surface area contributed by atoms with Crippen molar-refractivity contribution >= 4 is 34.3 Å². The minimum absolute atomic E-state index is 0.595. The van der Waals surface area contributed by atoms with Gasteiger partial charge in [0.15, 0.2) is 4.47 Å². The van der Waals surface area contributed by atoms with Crippen molar-refractivity contribution < 1.29 is 0 Å². The van der Waals surface area contributed by atoms with E-state index in [9.17, 15) is 0 Å². The largest absolute Gasteiger partial charge is 0.380 e. The van der Waals surface area contributed by atoms with Crippen molar-refractivity contribution in [2.45, 2.75) is 25.4 Å². The number of anilines is 2. The lowest BCUT2D eigenvalue weighted by molar-refractivity contribution is 0.258. The Bertz CT molecular complexity index is 626. The molecule has 2 aromatic rings. The van der Waals surface area contributed by atoms with E-state index in [-0.39, 0.29) is 0 Å². The van der Waals surface area contributed by atoms with E-state index in [0.717, 1.165) is 30.2 Å². The highest BCUT2D eigenvalue weighted by molar-refractivity contribution is 7.15.